The first-order chi connectivity index (χ1) is 15.9. The number of carbonyl (C=O) groups excluding carboxylic acids is 1. The fourth-order valence-corrected chi connectivity index (χ4v) is 6.27. The quantitative estimate of drug-likeness (QED) is 0.649. The van der Waals surface area contributed by atoms with E-state index < -0.39 is 22.9 Å². The van der Waals surface area contributed by atoms with Crippen molar-refractivity contribution in [2.45, 2.75) is 29.9 Å². The number of anilines is 3. The molecule has 2 N–H and O–H groups in total. The number of hydrogen-bond acceptors (Lipinski definition) is 8. The molecule has 0 bridgehead atoms. The number of nitrogens with one attached hydrogen (secondary N) is 1. The van der Waals surface area contributed by atoms with E-state index in [9.17, 15) is 14.1 Å². The van der Waals surface area contributed by atoms with Gasteiger partial charge in [-0.2, -0.15) is 4.98 Å². The van der Waals surface area contributed by atoms with E-state index >= 15 is 0 Å². The second-order valence-electron chi connectivity index (χ2n) is 8.55. The summed E-state index contributed by atoms with van der Waals surface area (Å²) >= 11 is 6.02. The topological polar surface area (TPSA) is 102 Å². The summed E-state index contributed by atoms with van der Waals surface area (Å²) in [5, 5.41) is 13.7. The van der Waals surface area contributed by atoms with Crippen molar-refractivity contribution in [2.75, 3.05) is 60.2 Å². The van der Waals surface area contributed by atoms with Crippen molar-refractivity contribution in [3.8, 4) is 0 Å². The Morgan fingerprint density at radius 3 is 2.55 bits per heavy atom. The SMILES string of the molecule is CNC(=O)[C@@H]1C[C@@H](O)CN1c1nc(N2CCN(c3ccc(Cl)cc3)CC2)nc2c1S(=O)CC2. The number of amides is 1. The van der Waals surface area contributed by atoms with Crippen LogP contribution in [0.15, 0.2) is 29.2 Å². The highest BCUT2D eigenvalue weighted by atomic mass is 35.5. The van der Waals surface area contributed by atoms with Crippen LogP contribution in [0.4, 0.5) is 17.5 Å². The minimum atomic E-state index is -1.21. The van der Waals surface area contributed by atoms with Crippen molar-refractivity contribution < 1.29 is 14.1 Å². The van der Waals surface area contributed by atoms with Gasteiger partial charge in [0.25, 0.3) is 0 Å². The third-order valence-electron chi connectivity index (χ3n) is 6.51. The fraction of sp³-hybridized carbons (Fsp3) is 0.500. The Labute approximate surface area is 200 Å². The van der Waals surface area contributed by atoms with E-state index in [4.69, 9.17) is 21.6 Å². The van der Waals surface area contributed by atoms with Gasteiger partial charge >= 0.3 is 0 Å². The van der Waals surface area contributed by atoms with E-state index in [1.54, 1.807) is 11.9 Å². The lowest BCUT2D eigenvalue weighted by Gasteiger charge is -2.36. The van der Waals surface area contributed by atoms with Crippen molar-refractivity contribution in [2.24, 2.45) is 0 Å². The number of benzene rings is 1. The Bertz CT molecular complexity index is 1080. The zero-order chi connectivity index (χ0) is 23.1. The molecule has 1 aromatic heterocycles. The van der Waals surface area contributed by atoms with Crippen LogP contribution in [0.2, 0.25) is 5.02 Å². The monoisotopic (exact) mass is 490 g/mol. The molecule has 1 amide bonds. The Morgan fingerprint density at radius 2 is 1.85 bits per heavy atom. The largest absolute Gasteiger partial charge is 0.391 e. The molecule has 0 aliphatic carbocycles. The summed E-state index contributed by atoms with van der Waals surface area (Å²) in [4.78, 5) is 29.0. The van der Waals surface area contributed by atoms with Crippen LogP contribution in [0.3, 0.4) is 0 Å². The van der Waals surface area contributed by atoms with Gasteiger partial charge < -0.3 is 25.1 Å². The van der Waals surface area contributed by atoms with Crippen LogP contribution in [0.1, 0.15) is 12.1 Å². The van der Waals surface area contributed by atoms with Gasteiger partial charge in [-0.05, 0) is 24.3 Å². The summed E-state index contributed by atoms with van der Waals surface area (Å²) in [7, 11) is 0.373. The molecule has 2 fully saturated rings. The third-order valence-corrected chi connectivity index (χ3v) is 8.21. The zero-order valence-corrected chi connectivity index (χ0v) is 20.0. The third kappa shape index (κ3) is 4.27. The van der Waals surface area contributed by atoms with Crippen LogP contribution in [0.25, 0.3) is 0 Å². The summed E-state index contributed by atoms with van der Waals surface area (Å²) in [6.07, 6.45) is 0.301. The van der Waals surface area contributed by atoms with Crippen molar-refractivity contribution >= 4 is 45.8 Å². The number of likely N-dealkylation sites (N-methyl/N-ethyl adjacent to an activating group) is 1. The molecular weight excluding hydrogens is 464 g/mol. The van der Waals surface area contributed by atoms with Gasteiger partial charge in [0.05, 0.1) is 22.6 Å². The molecule has 3 atom stereocenters. The minimum absolute atomic E-state index is 0.180. The van der Waals surface area contributed by atoms with Crippen LogP contribution < -0.4 is 20.0 Å². The molecule has 3 aliphatic heterocycles. The fourth-order valence-electron chi connectivity index (χ4n) is 4.78. The molecule has 1 unspecified atom stereocenters. The van der Waals surface area contributed by atoms with E-state index in [1.807, 2.05) is 24.3 Å². The maximum absolute atomic E-state index is 12.8. The molecule has 0 radical (unpaired) electrons. The molecule has 33 heavy (non-hydrogen) atoms. The Hall–Kier alpha value is -2.43. The highest BCUT2D eigenvalue weighted by molar-refractivity contribution is 7.85. The summed E-state index contributed by atoms with van der Waals surface area (Å²) < 4.78 is 12.8. The normalized spacial score (nSPS) is 24.8. The number of halogens is 1. The number of rotatable bonds is 4. The maximum Gasteiger partial charge on any atom is 0.242 e. The Kier molecular flexibility index (Phi) is 6.15. The van der Waals surface area contributed by atoms with E-state index in [0.717, 1.165) is 42.6 Å². The van der Waals surface area contributed by atoms with Crippen LogP contribution in [0, 0.1) is 0 Å². The number of piperazine rings is 1. The number of carbonyl (C=O) groups is 1. The van der Waals surface area contributed by atoms with E-state index in [2.05, 4.69) is 15.1 Å². The Morgan fingerprint density at radius 1 is 1.15 bits per heavy atom. The van der Waals surface area contributed by atoms with Gasteiger partial charge in [0.15, 0.2) is 5.82 Å². The second-order valence-corrected chi connectivity index (χ2v) is 10.5. The number of aliphatic hydroxyl groups is 1. The molecule has 4 heterocycles. The first-order valence-electron chi connectivity index (χ1n) is 11.2. The molecular formula is C22H27ClN6O3S. The summed E-state index contributed by atoms with van der Waals surface area (Å²) in [6.45, 7) is 3.39. The highest BCUT2D eigenvalue weighted by Gasteiger charge is 2.40. The highest BCUT2D eigenvalue weighted by Crippen LogP contribution is 2.36. The van der Waals surface area contributed by atoms with Gasteiger partial charge in [-0.15, -0.1) is 0 Å². The maximum atomic E-state index is 12.8. The van der Waals surface area contributed by atoms with Crippen LogP contribution in [-0.2, 0) is 22.0 Å². The molecule has 9 nitrogen and oxygen atoms in total. The predicted molar refractivity (Wildman–Crippen MR) is 129 cm³/mol. The zero-order valence-electron chi connectivity index (χ0n) is 18.4. The van der Waals surface area contributed by atoms with Gasteiger partial charge in [0.2, 0.25) is 11.9 Å². The first-order valence-corrected chi connectivity index (χ1v) is 12.9. The number of nitrogens with zero attached hydrogens (tertiary/aromatic N) is 5. The smallest absolute Gasteiger partial charge is 0.242 e. The summed E-state index contributed by atoms with van der Waals surface area (Å²) in [5.41, 5.74) is 1.91. The molecule has 2 saturated heterocycles. The van der Waals surface area contributed by atoms with Crippen LogP contribution in [0.5, 0.6) is 0 Å². The van der Waals surface area contributed by atoms with E-state index in [1.165, 1.54) is 0 Å². The van der Waals surface area contributed by atoms with Gasteiger partial charge in [0.1, 0.15) is 10.9 Å². The van der Waals surface area contributed by atoms with Gasteiger partial charge in [0, 0.05) is 69.1 Å². The second kappa shape index (κ2) is 9.08. The van der Waals surface area contributed by atoms with Crippen molar-refractivity contribution in [1.82, 2.24) is 15.3 Å². The average molecular weight is 491 g/mol. The molecule has 0 spiro atoms. The molecule has 0 saturated carbocycles. The van der Waals surface area contributed by atoms with E-state index in [0.29, 0.717) is 35.3 Å². The summed E-state index contributed by atoms with van der Waals surface area (Å²) in [5.74, 6) is 1.44. The number of aromatic nitrogens is 2. The van der Waals surface area contributed by atoms with Gasteiger partial charge in [-0.3, -0.25) is 9.00 Å². The lowest BCUT2D eigenvalue weighted by Crippen LogP contribution is -2.47. The molecule has 2 aromatic rings. The Balaban J connectivity index is 1.42. The molecule has 5 rings (SSSR count). The lowest BCUT2D eigenvalue weighted by molar-refractivity contribution is -0.121. The molecule has 1 aromatic carbocycles. The van der Waals surface area contributed by atoms with Gasteiger partial charge in [-0.1, -0.05) is 11.6 Å². The molecule has 11 heteroatoms. The predicted octanol–water partition coefficient (Wildman–Crippen LogP) is 0.806. The van der Waals surface area contributed by atoms with Gasteiger partial charge in [-0.25, -0.2) is 4.98 Å². The first kappa shape index (κ1) is 22.4. The lowest BCUT2D eigenvalue weighted by atomic mass is 10.2. The summed E-state index contributed by atoms with van der Waals surface area (Å²) in [6, 6.07) is 7.29. The van der Waals surface area contributed by atoms with Crippen molar-refractivity contribution in [1.29, 1.82) is 0 Å². The number of hydrogen-bond donors (Lipinski definition) is 2. The van der Waals surface area contributed by atoms with E-state index in [-0.39, 0.29) is 12.5 Å². The van der Waals surface area contributed by atoms with Crippen molar-refractivity contribution in [3.63, 3.8) is 0 Å². The average Bonchev–Trinajstić information content (AvgIpc) is 3.41. The standard InChI is InChI=1S/C22H27ClN6O3S/c1-24-21(31)18-12-16(30)13-29(18)20-19-17(6-11-33(19)32)25-22(26-20)28-9-7-27(8-10-28)15-4-2-14(23)3-5-15/h2-5,16,18,30H,6-13H2,1H3,(H,24,31)/t16-,18+,33?/m1/s1. The van der Waals surface area contributed by atoms with Crippen molar-refractivity contribution in [3.05, 3.63) is 35.0 Å². The number of β-amino-alcohol motifs (C(OH)–C–C–N with tert-alkyl or cyclic N) is 1. The van der Waals surface area contributed by atoms with Crippen LogP contribution >= 0.6 is 11.6 Å². The minimum Gasteiger partial charge on any atom is -0.391 e. The molecule has 3 aliphatic rings. The number of aliphatic hydroxyl groups excluding tert-OH is 1. The number of aryl methyl sites for hydroxylation is 1. The number of fused-ring (bicyclic) bond motifs is 1. The van der Waals surface area contributed by atoms with Crippen LogP contribution in [-0.4, -0.2) is 82.9 Å². The molecule has 176 valence electrons.